The van der Waals surface area contributed by atoms with Gasteiger partial charge in [0.05, 0.1) is 12.2 Å². The van der Waals surface area contributed by atoms with Crippen LogP contribution in [0, 0.1) is 5.92 Å². The summed E-state index contributed by atoms with van der Waals surface area (Å²) in [5, 5.41) is 14.6. The number of anilines is 1. The second-order valence-electron chi connectivity index (χ2n) is 6.64. The van der Waals surface area contributed by atoms with Crippen LogP contribution in [0.5, 0.6) is 0 Å². The van der Waals surface area contributed by atoms with E-state index in [1.54, 1.807) is 10.7 Å². The number of rotatable bonds is 5. The summed E-state index contributed by atoms with van der Waals surface area (Å²) in [7, 11) is -3.31. The highest BCUT2D eigenvalue weighted by Gasteiger charge is 2.31. The fourth-order valence-electron chi connectivity index (χ4n) is 2.78. The minimum absolute atomic E-state index is 0.0272. The van der Waals surface area contributed by atoms with E-state index in [-0.39, 0.29) is 30.4 Å². The fraction of sp³-hybridized carbons (Fsp3) is 0.600. The maximum absolute atomic E-state index is 12.4. The minimum Gasteiger partial charge on any atom is -0.401 e. The number of hydrogen-bond acceptors (Lipinski definition) is 7. The summed E-state index contributed by atoms with van der Waals surface area (Å²) < 4.78 is 31.9. The van der Waals surface area contributed by atoms with Crippen molar-refractivity contribution in [3.8, 4) is 11.6 Å². The molecule has 1 saturated heterocycles. The zero-order valence-corrected chi connectivity index (χ0v) is 15.7. The summed E-state index contributed by atoms with van der Waals surface area (Å²) in [5.41, 5.74) is 0.521. The van der Waals surface area contributed by atoms with Crippen LogP contribution in [0.2, 0.25) is 0 Å². The topological polar surface area (TPSA) is 123 Å². The Kier molecular flexibility index (Phi) is 5.10. The molecule has 0 saturated carbocycles. The lowest BCUT2D eigenvalue weighted by Crippen LogP contribution is -2.43. The van der Waals surface area contributed by atoms with Gasteiger partial charge in [0.1, 0.15) is 5.69 Å². The van der Waals surface area contributed by atoms with Crippen molar-refractivity contribution in [2.45, 2.75) is 32.7 Å². The summed E-state index contributed by atoms with van der Waals surface area (Å²) in [6.07, 6.45) is 4.20. The van der Waals surface area contributed by atoms with Gasteiger partial charge in [-0.1, -0.05) is 5.10 Å². The Morgan fingerprint density at radius 3 is 2.81 bits per heavy atom. The van der Waals surface area contributed by atoms with Gasteiger partial charge < -0.3 is 4.42 Å². The molecular formula is C15H22N6O4S. The van der Waals surface area contributed by atoms with Crippen molar-refractivity contribution in [3.05, 3.63) is 12.3 Å². The Balaban J connectivity index is 1.66. The molecule has 3 rings (SSSR count). The summed E-state index contributed by atoms with van der Waals surface area (Å²) in [5.74, 6) is -0.573. The van der Waals surface area contributed by atoms with Crippen LogP contribution in [0.3, 0.4) is 0 Å². The monoisotopic (exact) mass is 382 g/mol. The second kappa shape index (κ2) is 7.16. The smallest absolute Gasteiger partial charge is 0.322 e. The fourth-order valence-corrected chi connectivity index (χ4v) is 3.69. The van der Waals surface area contributed by atoms with Gasteiger partial charge in [0, 0.05) is 25.3 Å². The van der Waals surface area contributed by atoms with Gasteiger partial charge in [0.2, 0.25) is 15.9 Å². The zero-order valence-electron chi connectivity index (χ0n) is 14.9. The van der Waals surface area contributed by atoms with E-state index in [2.05, 4.69) is 20.6 Å². The number of aromatic nitrogens is 4. The molecule has 0 aliphatic carbocycles. The van der Waals surface area contributed by atoms with E-state index in [0.29, 0.717) is 25.1 Å². The third-order valence-corrected chi connectivity index (χ3v) is 5.51. The first kappa shape index (κ1) is 18.5. The van der Waals surface area contributed by atoms with Crippen LogP contribution in [0.15, 0.2) is 16.7 Å². The molecule has 1 amide bonds. The molecule has 1 fully saturated rings. The predicted octanol–water partition coefficient (Wildman–Crippen LogP) is 1.12. The molecule has 1 atom stereocenters. The van der Waals surface area contributed by atoms with Crippen molar-refractivity contribution in [1.82, 2.24) is 24.3 Å². The van der Waals surface area contributed by atoms with Crippen LogP contribution < -0.4 is 5.32 Å². The summed E-state index contributed by atoms with van der Waals surface area (Å²) >= 11 is 0. The van der Waals surface area contributed by atoms with E-state index in [1.807, 2.05) is 20.0 Å². The van der Waals surface area contributed by atoms with Crippen molar-refractivity contribution in [3.63, 3.8) is 0 Å². The Labute approximate surface area is 151 Å². The van der Waals surface area contributed by atoms with Crippen LogP contribution in [0.25, 0.3) is 11.6 Å². The number of nitrogens with one attached hydrogen (secondary N) is 1. The van der Waals surface area contributed by atoms with Gasteiger partial charge in [-0.15, -0.1) is 5.10 Å². The quantitative estimate of drug-likeness (QED) is 0.822. The van der Waals surface area contributed by atoms with E-state index in [0.717, 1.165) is 6.26 Å². The van der Waals surface area contributed by atoms with Crippen molar-refractivity contribution < 1.29 is 17.6 Å². The van der Waals surface area contributed by atoms with E-state index in [9.17, 15) is 13.2 Å². The second-order valence-corrected chi connectivity index (χ2v) is 8.62. The SMILES string of the molecule is CC(C)n1ccc(-c2nnc(NC(=O)[C@@H]3CCCN(S(C)(=O)=O)C3)o2)n1. The standard InChI is InChI=1S/C15H22N6O4S/c1-10(2)21-8-6-12(19-21)14-17-18-15(25-14)16-13(22)11-5-4-7-20(9-11)26(3,23)24/h6,8,10-11H,4-5,7,9H2,1-3H3,(H,16,18,22)/t11-/m1/s1. The van der Waals surface area contributed by atoms with Crippen LogP contribution in [0.1, 0.15) is 32.7 Å². The Bertz CT molecular complexity index is 888. The first-order chi connectivity index (χ1) is 12.2. The van der Waals surface area contributed by atoms with Crippen molar-refractivity contribution in [1.29, 1.82) is 0 Å². The molecule has 0 aromatic carbocycles. The lowest BCUT2D eigenvalue weighted by Gasteiger charge is -2.29. The van der Waals surface area contributed by atoms with E-state index in [4.69, 9.17) is 4.42 Å². The molecular weight excluding hydrogens is 360 g/mol. The lowest BCUT2D eigenvalue weighted by molar-refractivity contribution is -0.121. The first-order valence-electron chi connectivity index (χ1n) is 8.39. The van der Waals surface area contributed by atoms with Crippen molar-refractivity contribution >= 4 is 21.9 Å². The molecule has 0 radical (unpaired) electrons. The van der Waals surface area contributed by atoms with E-state index in [1.165, 1.54) is 4.31 Å². The van der Waals surface area contributed by atoms with Gasteiger partial charge in [-0.25, -0.2) is 12.7 Å². The molecule has 3 heterocycles. The highest BCUT2D eigenvalue weighted by molar-refractivity contribution is 7.88. The van der Waals surface area contributed by atoms with Crippen LogP contribution >= 0.6 is 0 Å². The molecule has 0 spiro atoms. The molecule has 1 N–H and O–H groups in total. The molecule has 0 bridgehead atoms. The molecule has 11 heteroatoms. The van der Waals surface area contributed by atoms with Crippen LogP contribution in [-0.2, 0) is 14.8 Å². The third kappa shape index (κ3) is 4.10. The van der Waals surface area contributed by atoms with Gasteiger partial charge in [-0.05, 0) is 32.8 Å². The summed E-state index contributed by atoms with van der Waals surface area (Å²) in [4.78, 5) is 12.4. The number of hydrogen-bond donors (Lipinski definition) is 1. The molecule has 26 heavy (non-hydrogen) atoms. The molecule has 10 nitrogen and oxygen atoms in total. The number of carbonyl (C=O) groups is 1. The van der Waals surface area contributed by atoms with Crippen molar-refractivity contribution in [2.75, 3.05) is 24.7 Å². The number of piperidine rings is 1. The zero-order chi connectivity index (χ0) is 18.9. The molecule has 142 valence electrons. The Morgan fingerprint density at radius 1 is 1.38 bits per heavy atom. The molecule has 1 aliphatic rings. The average Bonchev–Trinajstić information content (AvgIpc) is 3.23. The molecule has 0 unspecified atom stereocenters. The lowest BCUT2D eigenvalue weighted by atomic mass is 9.99. The molecule has 1 aliphatic heterocycles. The number of nitrogens with zero attached hydrogens (tertiary/aromatic N) is 5. The minimum atomic E-state index is -3.31. The average molecular weight is 382 g/mol. The van der Waals surface area contributed by atoms with Crippen LogP contribution in [0.4, 0.5) is 6.01 Å². The van der Waals surface area contributed by atoms with Gasteiger partial charge >= 0.3 is 6.01 Å². The normalized spacial score (nSPS) is 19.0. The maximum Gasteiger partial charge on any atom is 0.322 e. The summed E-state index contributed by atoms with van der Waals surface area (Å²) in [6.45, 7) is 4.59. The largest absolute Gasteiger partial charge is 0.401 e. The number of sulfonamides is 1. The van der Waals surface area contributed by atoms with Gasteiger partial charge in [-0.3, -0.25) is 14.8 Å². The maximum atomic E-state index is 12.4. The third-order valence-electron chi connectivity index (χ3n) is 4.24. The van der Waals surface area contributed by atoms with Gasteiger partial charge in [0.25, 0.3) is 5.89 Å². The summed E-state index contributed by atoms with van der Waals surface area (Å²) in [6, 6.07) is 1.93. The number of carbonyl (C=O) groups excluding carboxylic acids is 1. The highest BCUT2D eigenvalue weighted by Crippen LogP contribution is 2.22. The first-order valence-corrected chi connectivity index (χ1v) is 10.2. The Morgan fingerprint density at radius 2 is 2.15 bits per heavy atom. The number of amides is 1. The molecule has 2 aromatic heterocycles. The van der Waals surface area contributed by atoms with Gasteiger partial charge in [-0.2, -0.15) is 5.10 Å². The van der Waals surface area contributed by atoms with Crippen LogP contribution in [-0.4, -0.2) is 58.0 Å². The van der Waals surface area contributed by atoms with Crippen molar-refractivity contribution in [2.24, 2.45) is 5.92 Å². The molecule has 2 aromatic rings. The van der Waals surface area contributed by atoms with Gasteiger partial charge in [0.15, 0.2) is 0 Å². The predicted molar refractivity (Wildman–Crippen MR) is 93.7 cm³/mol. The Hall–Kier alpha value is -2.27. The highest BCUT2D eigenvalue weighted by atomic mass is 32.2. The van der Waals surface area contributed by atoms with E-state index >= 15 is 0 Å². The van der Waals surface area contributed by atoms with E-state index < -0.39 is 15.9 Å².